The Morgan fingerprint density at radius 3 is 2.81 bits per heavy atom. The summed E-state index contributed by atoms with van der Waals surface area (Å²) in [6.07, 6.45) is 0. The van der Waals surface area contributed by atoms with E-state index < -0.39 is 0 Å². The fraction of sp³-hybridized carbons (Fsp3) is 0.636. The lowest BCUT2D eigenvalue weighted by Crippen LogP contribution is -2.33. The molecular weight excluding hydrogens is 238 g/mol. The van der Waals surface area contributed by atoms with E-state index in [4.69, 9.17) is 18.0 Å². The molecule has 0 bridgehead atoms. The third kappa shape index (κ3) is 4.15. The maximum atomic E-state index is 5.63. The Morgan fingerprint density at radius 2 is 2.38 bits per heavy atom. The first kappa shape index (κ1) is 13.5. The van der Waals surface area contributed by atoms with Gasteiger partial charge in [0.2, 0.25) is 0 Å². The van der Waals surface area contributed by atoms with Gasteiger partial charge in [-0.1, -0.05) is 26.1 Å². The summed E-state index contributed by atoms with van der Waals surface area (Å²) in [5.74, 6) is 0.260. The highest BCUT2D eigenvalue weighted by Gasteiger charge is 2.12. The first-order chi connectivity index (χ1) is 7.52. The SMILES string of the molecule is CCN(Cc1nc(C)cs1)CC(C)C(N)=S. The lowest BCUT2D eigenvalue weighted by molar-refractivity contribution is 0.263. The molecule has 1 atom stereocenters. The van der Waals surface area contributed by atoms with Gasteiger partial charge in [-0.15, -0.1) is 11.3 Å². The maximum absolute atomic E-state index is 5.63. The van der Waals surface area contributed by atoms with Crippen LogP contribution in [0.1, 0.15) is 24.5 Å². The van der Waals surface area contributed by atoms with Gasteiger partial charge < -0.3 is 5.73 Å². The molecule has 0 aliphatic heterocycles. The number of hydrogen-bond acceptors (Lipinski definition) is 4. The highest BCUT2D eigenvalue weighted by Crippen LogP contribution is 2.12. The molecule has 0 saturated carbocycles. The lowest BCUT2D eigenvalue weighted by atomic mass is 10.1. The Bertz CT molecular complexity index is 349. The van der Waals surface area contributed by atoms with Gasteiger partial charge in [0.05, 0.1) is 11.5 Å². The van der Waals surface area contributed by atoms with Crippen LogP contribution in [-0.4, -0.2) is 28.0 Å². The third-order valence-corrected chi connectivity index (χ3v) is 3.84. The van der Waals surface area contributed by atoms with Crippen LogP contribution in [0.3, 0.4) is 0 Å². The zero-order chi connectivity index (χ0) is 12.1. The molecule has 16 heavy (non-hydrogen) atoms. The van der Waals surface area contributed by atoms with E-state index in [1.54, 1.807) is 11.3 Å². The number of thiocarbonyl (C=S) groups is 1. The topological polar surface area (TPSA) is 42.2 Å². The largest absolute Gasteiger partial charge is 0.393 e. The van der Waals surface area contributed by atoms with Crippen LogP contribution < -0.4 is 5.73 Å². The molecule has 0 aromatic carbocycles. The molecule has 1 heterocycles. The van der Waals surface area contributed by atoms with Crippen LogP contribution in [0.15, 0.2) is 5.38 Å². The van der Waals surface area contributed by atoms with Crippen molar-refractivity contribution in [1.29, 1.82) is 0 Å². The molecule has 1 aromatic rings. The Labute approximate surface area is 107 Å². The third-order valence-electron chi connectivity index (χ3n) is 2.49. The fourth-order valence-corrected chi connectivity index (χ4v) is 2.34. The van der Waals surface area contributed by atoms with Crippen molar-refractivity contribution in [2.24, 2.45) is 11.7 Å². The Hall–Kier alpha value is -0.520. The van der Waals surface area contributed by atoms with E-state index in [1.807, 2.05) is 6.92 Å². The summed E-state index contributed by atoms with van der Waals surface area (Å²) < 4.78 is 0. The predicted octanol–water partition coefficient (Wildman–Crippen LogP) is 2.20. The summed E-state index contributed by atoms with van der Waals surface area (Å²) in [7, 11) is 0. The van der Waals surface area contributed by atoms with Gasteiger partial charge >= 0.3 is 0 Å². The standard InChI is InChI=1S/C11H19N3S2/c1-4-14(5-8(2)11(12)15)6-10-13-9(3)7-16-10/h7-8H,4-6H2,1-3H3,(H2,12,15). The van der Waals surface area contributed by atoms with Crippen molar-refractivity contribution in [3.05, 3.63) is 16.1 Å². The number of rotatable bonds is 6. The normalized spacial score (nSPS) is 13.0. The molecule has 3 nitrogen and oxygen atoms in total. The Morgan fingerprint density at radius 1 is 1.69 bits per heavy atom. The van der Waals surface area contributed by atoms with E-state index >= 15 is 0 Å². The molecule has 0 spiro atoms. The smallest absolute Gasteiger partial charge is 0.107 e. The quantitative estimate of drug-likeness (QED) is 0.793. The van der Waals surface area contributed by atoms with Gasteiger partial charge in [0.1, 0.15) is 5.01 Å². The van der Waals surface area contributed by atoms with E-state index in [9.17, 15) is 0 Å². The van der Waals surface area contributed by atoms with Gasteiger partial charge in [-0.25, -0.2) is 4.98 Å². The van der Waals surface area contributed by atoms with Gasteiger partial charge in [-0.3, -0.25) is 4.90 Å². The van der Waals surface area contributed by atoms with Gasteiger partial charge in [-0.05, 0) is 13.5 Å². The molecule has 0 amide bonds. The fourth-order valence-electron chi connectivity index (χ4n) is 1.45. The molecule has 1 rings (SSSR count). The van der Waals surface area contributed by atoms with Crippen LogP contribution in [0.4, 0.5) is 0 Å². The lowest BCUT2D eigenvalue weighted by Gasteiger charge is -2.22. The molecule has 2 N–H and O–H groups in total. The van der Waals surface area contributed by atoms with E-state index in [0.717, 1.165) is 30.3 Å². The monoisotopic (exact) mass is 257 g/mol. The van der Waals surface area contributed by atoms with Crippen molar-refractivity contribution in [1.82, 2.24) is 9.88 Å². The summed E-state index contributed by atoms with van der Waals surface area (Å²) >= 11 is 6.70. The summed E-state index contributed by atoms with van der Waals surface area (Å²) in [6.45, 7) is 9.02. The Kier molecular flexibility index (Phi) is 5.31. The molecule has 0 aliphatic carbocycles. The summed E-state index contributed by atoms with van der Waals surface area (Å²) in [6, 6.07) is 0. The minimum Gasteiger partial charge on any atom is -0.393 e. The summed E-state index contributed by atoms with van der Waals surface area (Å²) in [4.78, 5) is 7.38. The highest BCUT2D eigenvalue weighted by molar-refractivity contribution is 7.80. The first-order valence-electron chi connectivity index (χ1n) is 5.45. The van der Waals surface area contributed by atoms with Crippen molar-refractivity contribution in [3.8, 4) is 0 Å². The number of aromatic nitrogens is 1. The summed E-state index contributed by atoms with van der Waals surface area (Å²) in [5.41, 5.74) is 6.72. The minimum atomic E-state index is 0.260. The second-order valence-corrected chi connectivity index (χ2v) is 5.43. The highest BCUT2D eigenvalue weighted by atomic mass is 32.1. The van der Waals surface area contributed by atoms with Crippen molar-refractivity contribution < 1.29 is 0 Å². The molecule has 0 aliphatic rings. The van der Waals surface area contributed by atoms with Gasteiger partial charge in [0.25, 0.3) is 0 Å². The second-order valence-electron chi connectivity index (χ2n) is 4.01. The summed E-state index contributed by atoms with van der Waals surface area (Å²) in [5, 5.41) is 3.25. The van der Waals surface area contributed by atoms with Crippen LogP contribution in [0.5, 0.6) is 0 Å². The van der Waals surface area contributed by atoms with Crippen LogP contribution >= 0.6 is 23.6 Å². The van der Waals surface area contributed by atoms with Crippen LogP contribution in [0, 0.1) is 12.8 Å². The molecule has 0 fully saturated rings. The van der Waals surface area contributed by atoms with E-state index in [0.29, 0.717) is 4.99 Å². The van der Waals surface area contributed by atoms with Crippen molar-refractivity contribution in [3.63, 3.8) is 0 Å². The molecule has 1 unspecified atom stereocenters. The molecule has 5 heteroatoms. The second kappa shape index (κ2) is 6.27. The molecule has 0 radical (unpaired) electrons. The number of thiazole rings is 1. The minimum absolute atomic E-state index is 0.260. The van der Waals surface area contributed by atoms with Gasteiger partial charge in [0.15, 0.2) is 0 Å². The zero-order valence-electron chi connectivity index (χ0n) is 10.1. The number of hydrogen-bond donors (Lipinski definition) is 1. The van der Waals surface area contributed by atoms with Crippen LogP contribution in [0.2, 0.25) is 0 Å². The average Bonchev–Trinajstić information content (AvgIpc) is 2.62. The van der Waals surface area contributed by atoms with Crippen molar-refractivity contribution >= 4 is 28.5 Å². The molecule has 0 saturated heterocycles. The van der Waals surface area contributed by atoms with Crippen molar-refractivity contribution in [2.75, 3.05) is 13.1 Å². The number of nitrogens with two attached hydrogens (primary N) is 1. The van der Waals surface area contributed by atoms with E-state index in [1.165, 1.54) is 0 Å². The van der Waals surface area contributed by atoms with Gasteiger partial charge in [-0.2, -0.15) is 0 Å². The van der Waals surface area contributed by atoms with Crippen LogP contribution in [-0.2, 0) is 6.54 Å². The van der Waals surface area contributed by atoms with E-state index in [-0.39, 0.29) is 5.92 Å². The first-order valence-corrected chi connectivity index (χ1v) is 6.74. The molecular formula is C11H19N3S2. The average molecular weight is 257 g/mol. The zero-order valence-corrected chi connectivity index (χ0v) is 11.7. The number of nitrogens with zero attached hydrogens (tertiary/aromatic N) is 2. The number of aryl methyl sites for hydroxylation is 1. The molecule has 90 valence electrons. The van der Waals surface area contributed by atoms with E-state index in [2.05, 4.69) is 29.1 Å². The molecule has 1 aromatic heterocycles. The predicted molar refractivity (Wildman–Crippen MR) is 73.8 cm³/mol. The van der Waals surface area contributed by atoms with Gasteiger partial charge in [0, 0.05) is 23.5 Å². The maximum Gasteiger partial charge on any atom is 0.107 e. The Balaban J connectivity index is 2.52. The van der Waals surface area contributed by atoms with Crippen LogP contribution in [0.25, 0.3) is 0 Å². The van der Waals surface area contributed by atoms with Crippen molar-refractivity contribution in [2.45, 2.75) is 27.3 Å².